The van der Waals surface area contributed by atoms with Crippen LogP contribution in [0, 0.1) is 6.92 Å². The van der Waals surface area contributed by atoms with E-state index >= 15 is 0 Å². The van der Waals surface area contributed by atoms with E-state index in [9.17, 15) is 21.6 Å². The van der Waals surface area contributed by atoms with Crippen LogP contribution in [0.25, 0.3) is 0 Å². The molecule has 0 bridgehead atoms. The number of aryl methyl sites for hydroxylation is 1. The Hall–Kier alpha value is -4.29. The van der Waals surface area contributed by atoms with E-state index in [1.54, 1.807) is 43.3 Å². The lowest BCUT2D eigenvalue weighted by Crippen LogP contribution is -2.16. The number of benzene rings is 3. The Morgan fingerprint density at radius 3 is 2.00 bits per heavy atom. The van der Waals surface area contributed by atoms with E-state index in [2.05, 4.69) is 24.7 Å². The van der Waals surface area contributed by atoms with E-state index in [1.807, 2.05) is 0 Å². The van der Waals surface area contributed by atoms with Crippen LogP contribution in [0.4, 0.5) is 17.3 Å². The van der Waals surface area contributed by atoms with Crippen LogP contribution in [-0.2, 0) is 20.0 Å². The van der Waals surface area contributed by atoms with Crippen LogP contribution < -0.4 is 14.8 Å². The number of nitrogens with zero attached hydrogens (tertiary/aromatic N) is 2. The lowest BCUT2D eigenvalue weighted by molar-refractivity contribution is 0.102. The van der Waals surface area contributed by atoms with Crippen molar-refractivity contribution in [3.8, 4) is 0 Å². The van der Waals surface area contributed by atoms with E-state index in [0.29, 0.717) is 11.3 Å². The number of amides is 1. The fraction of sp³-hybridized carbons (Fsp3) is 0.0417. The first-order valence-electron chi connectivity index (χ1n) is 10.5. The van der Waals surface area contributed by atoms with Crippen molar-refractivity contribution in [3.05, 3.63) is 102 Å². The number of carbonyl (C=O) groups is 1. The average molecular weight is 524 g/mol. The van der Waals surface area contributed by atoms with Gasteiger partial charge in [-0.2, -0.15) is 0 Å². The van der Waals surface area contributed by atoms with Crippen LogP contribution in [0.5, 0.6) is 0 Å². The fourth-order valence-corrected chi connectivity index (χ4v) is 5.23. The second kappa shape index (κ2) is 10.1. The van der Waals surface area contributed by atoms with Crippen molar-refractivity contribution in [3.63, 3.8) is 0 Å². The third-order valence-corrected chi connectivity index (χ3v) is 7.74. The second-order valence-corrected chi connectivity index (χ2v) is 11.0. The highest BCUT2D eigenvalue weighted by atomic mass is 32.2. The van der Waals surface area contributed by atoms with Gasteiger partial charge >= 0.3 is 0 Å². The van der Waals surface area contributed by atoms with E-state index in [4.69, 9.17) is 0 Å². The summed E-state index contributed by atoms with van der Waals surface area (Å²) in [6.07, 6.45) is 2.82. The highest BCUT2D eigenvalue weighted by Gasteiger charge is 2.18. The summed E-state index contributed by atoms with van der Waals surface area (Å²) in [5.41, 5.74) is 1.46. The standard InChI is InChI=1S/C24H21N5O5S2/c1-17-8-9-18(16-22(17)28-35(31,32)20-6-3-2-4-7-20)23(30)27-19-10-12-21(13-11-19)36(33,34)29-24-25-14-5-15-26-24/h2-16,28H,1H3,(H,27,30)(H,25,26,29). The Bertz CT molecular complexity index is 1590. The summed E-state index contributed by atoms with van der Waals surface area (Å²) < 4.78 is 55.2. The normalized spacial score (nSPS) is 11.5. The van der Waals surface area contributed by atoms with Crippen molar-refractivity contribution in [2.75, 3.05) is 14.8 Å². The number of sulfonamides is 2. The number of hydrogen-bond donors (Lipinski definition) is 3. The summed E-state index contributed by atoms with van der Waals surface area (Å²) in [6, 6.07) is 19.6. The minimum absolute atomic E-state index is 0.0408. The van der Waals surface area contributed by atoms with E-state index in [1.165, 1.54) is 54.9 Å². The Morgan fingerprint density at radius 2 is 1.33 bits per heavy atom. The van der Waals surface area contributed by atoms with Crippen molar-refractivity contribution in [1.82, 2.24) is 9.97 Å². The number of hydrogen-bond acceptors (Lipinski definition) is 7. The van der Waals surface area contributed by atoms with Gasteiger partial charge in [-0.15, -0.1) is 0 Å². The van der Waals surface area contributed by atoms with Gasteiger partial charge < -0.3 is 5.32 Å². The number of rotatable bonds is 8. The van der Waals surface area contributed by atoms with Crippen molar-refractivity contribution >= 4 is 43.3 Å². The molecule has 4 rings (SSSR count). The molecule has 0 saturated carbocycles. The Labute approximate surface area is 208 Å². The molecular formula is C24H21N5O5S2. The maximum Gasteiger partial charge on any atom is 0.264 e. The smallest absolute Gasteiger partial charge is 0.264 e. The zero-order chi connectivity index (χ0) is 25.8. The van der Waals surface area contributed by atoms with E-state index in [0.717, 1.165) is 0 Å². The van der Waals surface area contributed by atoms with Crippen LogP contribution in [0.3, 0.4) is 0 Å². The summed E-state index contributed by atoms with van der Waals surface area (Å²) in [4.78, 5) is 20.5. The molecule has 0 saturated heterocycles. The molecule has 3 aromatic carbocycles. The van der Waals surface area contributed by atoms with Gasteiger partial charge in [0.2, 0.25) is 5.95 Å². The zero-order valence-corrected chi connectivity index (χ0v) is 20.5. The molecule has 0 fully saturated rings. The highest BCUT2D eigenvalue weighted by Crippen LogP contribution is 2.23. The van der Waals surface area contributed by atoms with Gasteiger partial charge in [-0.05, 0) is 67.1 Å². The molecule has 0 atom stereocenters. The van der Waals surface area contributed by atoms with Gasteiger partial charge in [0.15, 0.2) is 0 Å². The Morgan fingerprint density at radius 1 is 0.722 bits per heavy atom. The topological polar surface area (TPSA) is 147 Å². The van der Waals surface area contributed by atoms with Gasteiger partial charge in [-0.25, -0.2) is 31.5 Å². The van der Waals surface area contributed by atoms with E-state index < -0.39 is 26.0 Å². The second-order valence-electron chi connectivity index (χ2n) is 7.60. The summed E-state index contributed by atoms with van der Waals surface area (Å²) >= 11 is 0. The van der Waals surface area contributed by atoms with Crippen LogP contribution in [0.1, 0.15) is 15.9 Å². The highest BCUT2D eigenvalue weighted by molar-refractivity contribution is 7.93. The molecule has 10 nitrogen and oxygen atoms in total. The Kier molecular flexibility index (Phi) is 6.99. The Balaban J connectivity index is 1.48. The van der Waals surface area contributed by atoms with Crippen LogP contribution >= 0.6 is 0 Å². The molecule has 1 heterocycles. The number of aromatic nitrogens is 2. The lowest BCUT2D eigenvalue weighted by atomic mass is 10.1. The number of carbonyl (C=O) groups excluding carboxylic acids is 1. The zero-order valence-electron chi connectivity index (χ0n) is 18.9. The van der Waals surface area contributed by atoms with Crippen molar-refractivity contribution in [2.45, 2.75) is 16.7 Å². The molecule has 0 aliphatic rings. The number of nitrogens with one attached hydrogen (secondary N) is 3. The molecule has 0 spiro atoms. The molecule has 3 N–H and O–H groups in total. The van der Waals surface area contributed by atoms with Crippen LogP contribution in [0.2, 0.25) is 0 Å². The molecule has 1 aromatic heterocycles. The molecule has 1 amide bonds. The molecule has 0 unspecified atom stereocenters. The lowest BCUT2D eigenvalue weighted by Gasteiger charge is -2.13. The van der Waals surface area contributed by atoms with E-state index in [-0.39, 0.29) is 27.0 Å². The predicted molar refractivity (Wildman–Crippen MR) is 136 cm³/mol. The summed E-state index contributed by atoms with van der Waals surface area (Å²) in [5.74, 6) is -0.561. The fourth-order valence-electron chi connectivity index (χ4n) is 3.13. The first-order chi connectivity index (χ1) is 17.1. The molecule has 0 radical (unpaired) electrons. The minimum Gasteiger partial charge on any atom is -0.322 e. The van der Waals surface area contributed by atoms with Gasteiger partial charge in [-0.3, -0.25) is 9.52 Å². The van der Waals surface area contributed by atoms with Crippen molar-refractivity contribution in [2.24, 2.45) is 0 Å². The van der Waals surface area contributed by atoms with Crippen molar-refractivity contribution < 1.29 is 21.6 Å². The molecule has 0 aliphatic carbocycles. The molecule has 0 aliphatic heterocycles. The third kappa shape index (κ3) is 5.85. The quantitative estimate of drug-likeness (QED) is 0.319. The molecule has 36 heavy (non-hydrogen) atoms. The van der Waals surface area contributed by atoms with Gasteiger partial charge in [-0.1, -0.05) is 24.3 Å². The molecule has 12 heteroatoms. The predicted octanol–water partition coefficient (Wildman–Crippen LogP) is 3.64. The van der Waals surface area contributed by atoms with Gasteiger partial charge in [0.1, 0.15) is 0 Å². The number of anilines is 3. The van der Waals surface area contributed by atoms with Crippen molar-refractivity contribution in [1.29, 1.82) is 0 Å². The summed E-state index contributed by atoms with van der Waals surface area (Å²) in [5, 5.41) is 2.67. The average Bonchev–Trinajstić information content (AvgIpc) is 2.86. The van der Waals surface area contributed by atoms with Crippen LogP contribution in [-0.4, -0.2) is 32.7 Å². The maximum absolute atomic E-state index is 12.8. The third-order valence-electron chi connectivity index (χ3n) is 5.01. The first-order valence-corrected chi connectivity index (χ1v) is 13.5. The first kappa shape index (κ1) is 24.8. The monoisotopic (exact) mass is 523 g/mol. The van der Waals surface area contributed by atoms with Gasteiger partial charge in [0, 0.05) is 23.6 Å². The summed E-state index contributed by atoms with van der Waals surface area (Å²) in [6.45, 7) is 1.72. The maximum atomic E-state index is 12.8. The minimum atomic E-state index is -3.91. The molecular weight excluding hydrogens is 502 g/mol. The van der Waals surface area contributed by atoms with Gasteiger partial charge in [0.05, 0.1) is 15.5 Å². The molecule has 4 aromatic rings. The molecule has 184 valence electrons. The largest absolute Gasteiger partial charge is 0.322 e. The van der Waals surface area contributed by atoms with Gasteiger partial charge in [0.25, 0.3) is 26.0 Å². The SMILES string of the molecule is Cc1ccc(C(=O)Nc2ccc(S(=O)(=O)Nc3ncccn3)cc2)cc1NS(=O)(=O)c1ccccc1. The van der Waals surface area contributed by atoms with Crippen LogP contribution in [0.15, 0.2) is 101 Å². The summed E-state index contributed by atoms with van der Waals surface area (Å²) in [7, 11) is -7.75.